The third-order valence-electron chi connectivity index (χ3n) is 6.38. The van der Waals surface area contributed by atoms with E-state index in [1.165, 1.54) is 11.1 Å². The molecule has 0 bridgehead atoms. The highest BCUT2D eigenvalue weighted by atomic mass is 16.3. The van der Waals surface area contributed by atoms with Gasteiger partial charge in [-0.15, -0.1) is 0 Å². The quantitative estimate of drug-likeness (QED) is 0.797. The standard InChI is InChI=1S/C19H28N2O2/c1-17(2)15(22)11-19(17,20)16(23)21-12-18(3)10-6-8-13-7-4-5-9-14(13)18/h4-5,7,9,15,22H,6,8,10-12,20H2,1-3H3,(H,21,23)/t15-,18?,19-/m0/s1. The number of hydrogen-bond acceptors (Lipinski definition) is 3. The molecule has 1 fully saturated rings. The summed E-state index contributed by atoms with van der Waals surface area (Å²) in [4.78, 5) is 12.7. The highest BCUT2D eigenvalue weighted by Gasteiger charge is 2.61. The number of rotatable bonds is 3. The third kappa shape index (κ3) is 2.39. The van der Waals surface area contributed by atoms with E-state index in [4.69, 9.17) is 5.73 Å². The van der Waals surface area contributed by atoms with Crippen molar-refractivity contribution in [1.82, 2.24) is 5.32 Å². The lowest BCUT2D eigenvalue weighted by atomic mass is 9.54. The summed E-state index contributed by atoms with van der Waals surface area (Å²) >= 11 is 0. The van der Waals surface area contributed by atoms with Gasteiger partial charge in [-0.05, 0) is 30.4 Å². The average Bonchev–Trinajstić information content (AvgIpc) is 2.53. The summed E-state index contributed by atoms with van der Waals surface area (Å²) in [6, 6.07) is 8.51. The van der Waals surface area contributed by atoms with Gasteiger partial charge >= 0.3 is 0 Å². The highest BCUT2D eigenvalue weighted by Crippen LogP contribution is 2.48. The van der Waals surface area contributed by atoms with Crippen LogP contribution in [0.3, 0.4) is 0 Å². The molecular formula is C19H28N2O2. The largest absolute Gasteiger partial charge is 0.392 e. The van der Waals surface area contributed by atoms with Gasteiger partial charge in [0.2, 0.25) is 5.91 Å². The highest BCUT2D eigenvalue weighted by molar-refractivity contribution is 5.88. The van der Waals surface area contributed by atoms with Crippen molar-refractivity contribution < 1.29 is 9.90 Å². The van der Waals surface area contributed by atoms with E-state index in [2.05, 4.69) is 36.5 Å². The molecule has 3 atom stereocenters. The van der Waals surface area contributed by atoms with E-state index in [0.717, 1.165) is 19.3 Å². The summed E-state index contributed by atoms with van der Waals surface area (Å²) in [5, 5.41) is 13.0. The Morgan fingerprint density at radius 1 is 1.35 bits per heavy atom. The van der Waals surface area contributed by atoms with E-state index in [1.54, 1.807) is 0 Å². The first-order valence-electron chi connectivity index (χ1n) is 8.54. The molecule has 0 spiro atoms. The van der Waals surface area contributed by atoms with Gasteiger partial charge in [-0.1, -0.05) is 45.0 Å². The summed E-state index contributed by atoms with van der Waals surface area (Å²) in [6.45, 7) is 6.53. The van der Waals surface area contributed by atoms with Gasteiger partial charge in [0.05, 0.1) is 6.10 Å². The molecule has 0 saturated heterocycles. The zero-order valence-corrected chi connectivity index (χ0v) is 14.4. The van der Waals surface area contributed by atoms with Crippen molar-refractivity contribution in [3.63, 3.8) is 0 Å². The number of nitrogens with two attached hydrogens (primary N) is 1. The predicted octanol–water partition coefficient (Wildman–Crippen LogP) is 1.89. The SMILES string of the molecule is CC1(CNC(=O)[C@@]2(N)C[C@H](O)C2(C)C)CCCc2ccccc21. The number of carbonyl (C=O) groups excluding carboxylic acids is 1. The molecule has 3 rings (SSSR count). The molecule has 126 valence electrons. The second kappa shape index (κ2) is 5.32. The van der Waals surface area contributed by atoms with Gasteiger partial charge in [0.15, 0.2) is 0 Å². The van der Waals surface area contributed by atoms with Crippen molar-refractivity contribution in [2.45, 2.75) is 63.5 Å². The van der Waals surface area contributed by atoms with Gasteiger partial charge in [0.25, 0.3) is 0 Å². The number of amides is 1. The van der Waals surface area contributed by atoms with Crippen LogP contribution in [-0.4, -0.2) is 29.2 Å². The molecule has 1 aromatic carbocycles. The third-order valence-corrected chi connectivity index (χ3v) is 6.38. The lowest BCUT2D eigenvalue weighted by Crippen LogP contribution is -2.75. The van der Waals surface area contributed by atoms with Crippen LogP contribution in [0.4, 0.5) is 0 Å². The second-order valence-electron chi connectivity index (χ2n) is 8.17. The predicted molar refractivity (Wildman–Crippen MR) is 91.1 cm³/mol. The molecule has 1 amide bonds. The monoisotopic (exact) mass is 316 g/mol. The van der Waals surface area contributed by atoms with Crippen molar-refractivity contribution in [3.8, 4) is 0 Å². The Bertz CT molecular complexity index is 628. The van der Waals surface area contributed by atoms with E-state index in [9.17, 15) is 9.90 Å². The van der Waals surface area contributed by atoms with Crippen LogP contribution in [0.2, 0.25) is 0 Å². The first-order chi connectivity index (χ1) is 10.7. The molecule has 4 nitrogen and oxygen atoms in total. The van der Waals surface area contributed by atoms with Crippen LogP contribution in [0.25, 0.3) is 0 Å². The van der Waals surface area contributed by atoms with Crippen molar-refractivity contribution in [1.29, 1.82) is 0 Å². The van der Waals surface area contributed by atoms with E-state index in [1.807, 2.05) is 13.8 Å². The number of aliphatic hydroxyl groups is 1. The zero-order chi connectivity index (χ0) is 16.9. The first kappa shape index (κ1) is 16.5. The Hall–Kier alpha value is -1.39. The van der Waals surface area contributed by atoms with Crippen LogP contribution in [0.15, 0.2) is 24.3 Å². The number of benzene rings is 1. The zero-order valence-electron chi connectivity index (χ0n) is 14.4. The molecule has 4 N–H and O–H groups in total. The fraction of sp³-hybridized carbons (Fsp3) is 0.632. The number of nitrogens with one attached hydrogen (secondary N) is 1. The maximum Gasteiger partial charge on any atom is 0.240 e. The van der Waals surface area contributed by atoms with Crippen LogP contribution in [0, 0.1) is 5.41 Å². The average molecular weight is 316 g/mol. The number of aryl methyl sites for hydroxylation is 1. The van der Waals surface area contributed by atoms with Gasteiger partial charge in [-0.2, -0.15) is 0 Å². The fourth-order valence-corrected chi connectivity index (χ4v) is 4.12. The van der Waals surface area contributed by atoms with Gasteiger partial charge in [-0.3, -0.25) is 4.79 Å². The number of aliphatic hydroxyl groups excluding tert-OH is 1. The Labute approximate surface area is 138 Å². The number of carbonyl (C=O) groups is 1. The minimum absolute atomic E-state index is 0.0482. The van der Waals surface area contributed by atoms with E-state index in [0.29, 0.717) is 13.0 Å². The lowest BCUT2D eigenvalue weighted by molar-refractivity contribution is -0.158. The molecule has 0 heterocycles. The molecule has 1 saturated carbocycles. The summed E-state index contributed by atoms with van der Waals surface area (Å²) in [6.07, 6.45) is 3.14. The molecule has 0 radical (unpaired) electrons. The van der Waals surface area contributed by atoms with Gasteiger partial charge in [0.1, 0.15) is 5.54 Å². The van der Waals surface area contributed by atoms with E-state index >= 15 is 0 Å². The summed E-state index contributed by atoms with van der Waals surface area (Å²) < 4.78 is 0. The number of hydrogen-bond donors (Lipinski definition) is 3. The minimum Gasteiger partial charge on any atom is -0.392 e. The van der Waals surface area contributed by atoms with Crippen molar-refractivity contribution >= 4 is 5.91 Å². The van der Waals surface area contributed by atoms with E-state index in [-0.39, 0.29) is 11.3 Å². The van der Waals surface area contributed by atoms with Crippen molar-refractivity contribution in [2.75, 3.05) is 6.54 Å². The van der Waals surface area contributed by atoms with Crippen molar-refractivity contribution in [3.05, 3.63) is 35.4 Å². The molecule has 0 aliphatic heterocycles. The molecule has 2 aliphatic carbocycles. The van der Waals surface area contributed by atoms with Crippen LogP contribution in [0.5, 0.6) is 0 Å². The number of fused-ring (bicyclic) bond motifs is 1. The minimum atomic E-state index is -0.975. The maximum absolute atomic E-state index is 12.7. The van der Waals surface area contributed by atoms with Crippen LogP contribution >= 0.6 is 0 Å². The van der Waals surface area contributed by atoms with Crippen LogP contribution < -0.4 is 11.1 Å². The van der Waals surface area contributed by atoms with Crippen LogP contribution in [0.1, 0.15) is 51.2 Å². The molecule has 0 aromatic heterocycles. The van der Waals surface area contributed by atoms with Crippen molar-refractivity contribution in [2.24, 2.45) is 11.1 Å². The summed E-state index contributed by atoms with van der Waals surface area (Å²) in [5.41, 5.74) is 7.42. The topological polar surface area (TPSA) is 75.4 Å². The van der Waals surface area contributed by atoms with Gasteiger partial charge in [0, 0.05) is 23.8 Å². The molecule has 1 unspecified atom stereocenters. The fourth-order valence-electron chi connectivity index (χ4n) is 4.12. The molecule has 4 heteroatoms. The van der Waals surface area contributed by atoms with Gasteiger partial charge < -0.3 is 16.2 Å². The summed E-state index contributed by atoms with van der Waals surface area (Å²) in [5.74, 6) is -0.142. The molecule has 2 aliphatic rings. The summed E-state index contributed by atoms with van der Waals surface area (Å²) in [7, 11) is 0. The Kier molecular flexibility index (Phi) is 3.81. The Balaban J connectivity index is 1.73. The smallest absolute Gasteiger partial charge is 0.240 e. The Morgan fingerprint density at radius 3 is 2.70 bits per heavy atom. The lowest BCUT2D eigenvalue weighted by Gasteiger charge is -2.56. The normalized spacial score (nSPS) is 35.1. The van der Waals surface area contributed by atoms with E-state index < -0.39 is 17.1 Å². The Morgan fingerprint density at radius 2 is 2.04 bits per heavy atom. The van der Waals surface area contributed by atoms with Gasteiger partial charge in [-0.25, -0.2) is 0 Å². The molecule has 23 heavy (non-hydrogen) atoms. The maximum atomic E-state index is 12.7. The second-order valence-corrected chi connectivity index (χ2v) is 8.17. The first-order valence-corrected chi connectivity index (χ1v) is 8.54. The van der Waals surface area contributed by atoms with Crippen LogP contribution in [-0.2, 0) is 16.6 Å². The molecule has 1 aromatic rings. The molecular weight excluding hydrogens is 288 g/mol.